The number of ether oxygens (including phenoxy) is 1. The minimum absolute atomic E-state index is 0.660. The summed E-state index contributed by atoms with van der Waals surface area (Å²) in [5.41, 5.74) is 1.07. The molecule has 0 amide bonds. The highest BCUT2D eigenvalue weighted by Gasteiger charge is 1.82. The molecule has 0 saturated heterocycles. The van der Waals surface area contributed by atoms with Crippen molar-refractivity contribution in [2.75, 3.05) is 7.11 Å². The molecule has 0 saturated carbocycles. The predicted octanol–water partition coefficient (Wildman–Crippen LogP) is 2.47. The SMILES string of the molecule is COc1ccccn1.Cc1c[nH]c(=S)[nH]1. The maximum absolute atomic E-state index is 4.80. The topological polar surface area (TPSA) is 53.7 Å². The summed E-state index contributed by atoms with van der Waals surface area (Å²) in [5, 5.41) is 0. The number of methoxy groups -OCH3 is 1. The Balaban J connectivity index is 0.000000151. The van der Waals surface area contributed by atoms with Crippen molar-refractivity contribution in [3.63, 3.8) is 0 Å². The van der Waals surface area contributed by atoms with Gasteiger partial charge in [-0.2, -0.15) is 0 Å². The lowest BCUT2D eigenvalue weighted by Crippen LogP contribution is -1.83. The summed E-state index contributed by atoms with van der Waals surface area (Å²) in [5.74, 6) is 0.660. The van der Waals surface area contributed by atoms with E-state index >= 15 is 0 Å². The maximum atomic E-state index is 4.80. The van der Waals surface area contributed by atoms with Crippen molar-refractivity contribution in [2.24, 2.45) is 0 Å². The van der Waals surface area contributed by atoms with Crippen molar-refractivity contribution in [3.05, 3.63) is 41.1 Å². The molecule has 4 nitrogen and oxygen atoms in total. The quantitative estimate of drug-likeness (QED) is 0.730. The van der Waals surface area contributed by atoms with E-state index in [2.05, 4.69) is 15.0 Å². The van der Waals surface area contributed by atoms with Gasteiger partial charge in [0, 0.05) is 24.2 Å². The van der Waals surface area contributed by atoms with Gasteiger partial charge in [-0.25, -0.2) is 4.98 Å². The highest BCUT2D eigenvalue weighted by Crippen LogP contribution is 1.99. The Kier molecular flexibility index (Phi) is 4.56. The average molecular weight is 223 g/mol. The number of aromatic amines is 2. The first-order chi connectivity index (χ1) is 7.22. The molecule has 0 aliphatic rings. The zero-order valence-electron chi connectivity index (χ0n) is 8.65. The van der Waals surface area contributed by atoms with Crippen LogP contribution >= 0.6 is 12.2 Å². The molecule has 2 rings (SSSR count). The highest BCUT2D eigenvalue weighted by atomic mass is 32.1. The number of hydrogen-bond donors (Lipinski definition) is 2. The van der Waals surface area contributed by atoms with Gasteiger partial charge in [-0.15, -0.1) is 0 Å². The van der Waals surface area contributed by atoms with E-state index < -0.39 is 0 Å². The van der Waals surface area contributed by atoms with E-state index in [1.54, 1.807) is 19.4 Å². The van der Waals surface area contributed by atoms with Gasteiger partial charge < -0.3 is 14.7 Å². The van der Waals surface area contributed by atoms with Crippen molar-refractivity contribution in [3.8, 4) is 5.88 Å². The molecule has 15 heavy (non-hydrogen) atoms. The van der Waals surface area contributed by atoms with Gasteiger partial charge in [0.05, 0.1) is 7.11 Å². The van der Waals surface area contributed by atoms with E-state index in [9.17, 15) is 0 Å². The molecule has 5 heteroatoms. The smallest absolute Gasteiger partial charge is 0.212 e. The number of aromatic nitrogens is 3. The van der Waals surface area contributed by atoms with E-state index in [1.807, 2.05) is 25.3 Å². The molecule has 0 unspecified atom stereocenters. The molecule has 0 spiro atoms. The number of H-pyrrole nitrogens is 2. The maximum Gasteiger partial charge on any atom is 0.212 e. The van der Waals surface area contributed by atoms with Crippen molar-refractivity contribution in [2.45, 2.75) is 6.92 Å². The van der Waals surface area contributed by atoms with Crippen LogP contribution in [-0.4, -0.2) is 22.1 Å². The largest absolute Gasteiger partial charge is 0.481 e. The zero-order chi connectivity index (χ0) is 11.1. The molecule has 0 bridgehead atoms. The van der Waals surface area contributed by atoms with Gasteiger partial charge in [-0.3, -0.25) is 0 Å². The highest BCUT2D eigenvalue weighted by molar-refractivity contribution is 7.71. The molecular formula is C10H13N3OS. The molecule has 0 aromatic carbocycles. The molecule has 0 atom stereocenters. The van der Waals surface area contributed by atoms with Crippen LogP contribution < -0.4 is 4.74 Å². The van der Waals surface area contributed by atoms with Crippen LogP contribution in [0.1, 0.15) is 5.69 Å². The van der Waals surface area contributed by atoms with Gasteiger partial charge >= 0.3 is 0 Å². The molecule has 2 heterocycles. The fourth-order valence-corrected chi connectivity index (χ4v) is 1.11. The second-order valence-corrected chi connectivity index (χ2v) is 3.21. The van der Waals surface area contributed by atoms with Crippen LogP contribution in [0.25, 0.3) is 0 Å². The van der Waals surface area contributed by atoms with Crippen molar-refractivity contribution >= 4 is 12.2 Å². The number of nitrogens with zero attached hydrogens (tertiary/aromatic N) is 1. The number of imidazole rings is 1. The van der Waals surface area contributed by atoms with Gasteiger partial charge in [0.25, 0.3) is 0 Å². The molecule has 2 N–H and O–H groups in total. The molecule has 2 aromatic rings. The fourth-order valence-electron chi connectivity index (χ4n) is 0.893. The Morgan fingerprint density at radius 3 is 2.47 bits per heavy atom. The number of pyridine rings is 1. The molecule has 0 fully saturated rings. The lowest BCUT2D eigenvalue weighted by molar-refractivity contribution is 0.398. The summed E-state index contributed by atoms with van der Waals surface area (Å²) < 4.78 is 5.50. The third-order valence-corrected chi connectivity index (χ3v) is 1.80. The van der Waals surface area contributed by atoms with Gasteiger partial charge in [0.1, 0.15) is 0 Å². The molecule has 0 radical (unpaired) electrons. The Bertz CT molecular complexity index is 435. The number of nitrogens with one attached hydrogen (secondary N) is 2. The minimum Gasteiger partial charge on any atom is -0.481 e. The number of hydrogen-bond acceptors (Lipinski definition) is 3. The van der Waals surface area contributed by atoms with Crippen molar-refractivity contribution in [1.82, 2.24) is 15.0 Å². The van der Waals surface area contributed by atoms with E-state index in [4.69, 9.17) is 17.0 Å². The van der Waals surface area contributed by atoms with Gasteiger partial charge in [-0.1, -0.05) is 6.07 Å². The zero-order valence-corrected chi connectivity index (χ0v) is 9.47. The van der Waals surface area contributed by atoms with E-state index in [1.165, 1.54) is 0 Å². The van der Waals surface area contributed by atoms with Gasteiger partial charge in [0.2, 0.25) is 5.88 Å². The third-order valence-electron chi connectivity index (χ3n) is 1.58. The second-order valence-electron chi connectivity index (χ2n) is 2.80. The van der Waals surface area contributed by atoms with Crippen LogP contribution in [0.4, 0.5) is 0 Å². The molecule has 0 aliphatic heterocycles. The normalized spacial score (nSPS) is 8.93. The monoisotopic (exact) mass is 223 g/mol. The second kappa shape index (κ2) is 5.98. The predicted molar refractivity (Wildman–Crippen MR) is 61.5 cm³/mol. The number of aryl methyl sites for hydroxylation is 1. The Labute approximate surface area is 93.3 Å². The van der Waals surface area contributed by atoms with Gasteiger partial charge in [-0.05, 0) is 25.2 Å². The number of rotatable bonds is 1. The van der Waals surface area contributed by atoms with Crippen LogP contribution in [0.15, 0.2) is 30.6 Å². The lowest BCUT2D eigenvalue weighted by atomic mass is 10.5. The standard InChI is InChI=1S/C6H7NO.C4H6N2S/c1-8-6-4-2-3-5-7-6;1-3-2-5-4(7)6-3/h2-5H,1H3;2H,1H3,(H2,5,6,7). The molecular weight excluding hydrogens is 210 g/mol. The van der Waals surface area contributed by atoms with Crippen molar-refractivity contribution < 1.29 is 4.74 Å². The Morgan fingerprint density at radius 2 is 2.20 bits per heavy atom. The summed E-state index contributed by atoms with van der Waals surface area (Å²) >= 11 is 4.72. The third kappa shape index (κ3) is 4.42. The molecule has 80 valence electrons. The van der Waals surface area contributed by atoms with E-state index in [0.717, 1.165) is 5.69 Å². The van der Waals surface area contributed by atoms with Gasteiger partial charge in [0.15, 0.2) is 4.77 Å². The van der Waals surface area contributed by atoms with Crippen LogP contribution in [0.3, 0.4) is 0 Å². The fraction of sp³-hybridized carbons (Fsp3) is 0.200. The summed E-state index contributed by atoms with van der Waals surface area (Å²) in [4.78, 5) is 9.60. The molecule has 0 aliphatic carbocycles. The van der Waals surface area contributed by atoms with Crippen LogP contribution in [-0.2, 0) is 0 Å². The lowest BCUT2D eigenvalue weighted by Gasteiger charge is -1.92. The summed E-state index contributed by atoms with van der Waals surface area (Å²) in [6.45, 7) is 1.95. The Hall–Kier alpha value is -1.62. The first kappa shape index (κ1) is 11.5. The average Bonchev–Trinajstić information content (AvgIpc) is 2.65. The molecule has 2 aromatic heterocycles. The van der Waals surface area contributed by atoms with Crippen LogP contribution in [0, 0.1) is 11.7 Å². The summed E-state index contributed by atoms with van der Waals surface area (Å²) in [6, 6.07) is 5.54. The van der Waals surface area contributed by atoms with E-state index in [-0.39, 0.29) is 0 Å². The van der Waals surface area contributed by atoms with Crippen molar-refractivity contribution in [1.29, 1.82) is 0 Å². The first-order valence-electron chi connectivity index (χ1n) is 4.41. The van der Waals surface area contributed by atoms with Crippen LogP contribution in [0.2, 0.25) is 0 Å². The summed E-state index contributed by atoms with van der Waals surface area (Å²) in [7, 11) is 1.60. The Morgan fingerprint density at radius 1 is 1.40 bits per heavy atom. The first-order valence-corrected chi connectivity index (χ1v) is 4.82. The minimum atomic E-state index is 0.660. The summed E-state index contributed by atoms with van der Waals surface area (Å²) in [6.07, 6.45) is 3.53. The van der Waals surface area contributed by atoms with Crippen LogP contribution in [0.5, 0.6) is 5.88 Å². The van der Waals surface area contributed by atoms with E-state index in [0.29, 0.717) is 10.7 Å².